The third-order valence-corrected chi connectivity index (χ3v) is 8.33. The molecular weight excluding hydrogens is 344 g/mol. The van der Waals surface area contributed by atoms with Crippen LogP contribution < -0.4 is 0 Å². The SMILES string of the molecule is Cc1cc2c(c(C)c1C(=O)c1c(C)nn(C)c1C)C(C)(C)C(C)(C)C(C)(C)C2. The van der Waals surface area contributed by atoms with Crippen molar-refractivity contribution in [3.05, 3.63) is 50.8 Å². The molecule has 0 radical (unpaired) electrons. The summed E-state index contributed by atoms with van der Waals surface area (Å²) in [5.41, 5.74) is 8.61. The number of nitrogens with zero attached hydrogens (tertiary/aromatic N) is 2. The molecule has 152 valence electrons. The van der Waals surface area contributed by atoms with Crippen molar-refractivity contribution in [1.82, 2.24) is 9.78 Å². The van der Waals surface area contributed by atoms with Crippen LogP contribution in [-0.2, 0) is 18.9 Å². The Balaban J connectivity index is 2.31. The Kier molecular flexibility index (Phi) is 4.50. The first-order valence-electron chi connectivity index (χ1n) is 10.3. The van der Waals surface area contributed by atoms with Crippen LogP contribution in [-0.4, -0.2) is 15.6 Å². The maximum Gasteiger partial charge on any atom is 0.197 e. The van der Waals surface area contributed by atoms with E-state index >= 15 is 0 Å². The van der Waals surface area contributed by atoms with E-state index in [9.17, 15) is 4.79 Å². The second-order valence-corrected chi connectivity index (χ2v) is 10.5. The molecular formula is C25H36N2O. The van der Waals surface area contributed by atoms with E-state index in [0.29, 0.717) is 0 Å². The zero-order chi connectivity index (χ0) is 21.4. The van der Waals surface area contributed by atoms with Crippen molar-refractivity contribution in [3.63, 3.8) is 0 Å². The lowest BCUT2D eigenvalue weighted by molar-refractivity contribution is 0.0149. The van der Waals surface area contributed by atoms with Crippen LogP contribution in [0.25, 0.3) is 0 Å². The van der Waals surface area contributed by atoms with Crippen molar-refractivity contribution in [2.24, 2.45) is 17.9 Å². The Labute approximate surface area is 170 Å². The second kappa shape index (κ2) is 6.05. The van der Waals surface area contributed by atoms with Crippen LogP contribution in [0.5, 0.6) is 0 Å². The molecule has 0 amide bonds. The minimum Gasteiger partial charge on any atom is -0.288 e. The summed E-state index contributed by atoms with van der Waals surface area (Å²) in [5, 5.41) is 4.47. The van der Waals surface area contributed by atoms with E-state index in [4.69, 9.17) is 0 Å². The van der Waals surface area contributed by atoms with Gasteiger partial charge < -0.3 is 0 Å². The molecule has 0 saturated heterocycles. The molecule has 0 spiro atoms. The minimum atomic E-state index is -0.0318. The average Bonchev–Trinajstić information content (AvgIpc) is 2.77. The highest BCUT2D eigenvalue weighted by molar-refractivity contribution is 6.12. The molecule has 3 nitrogen and oxygen atoms in total. The largest absolute Gasteiger partial charge is 0.288 e. The van der Waals surface area contributed by atoms with Gasteiger partial charge in [0.25, 0.3) is 0 Å². The van der Waals surface area contributed by atoms with Gasteiger partial charge in [0.15, 0.2) is 5.78 Å². The standard InChI is InChI=1S/C25H36N2O/c1-14-12-18-13-23(5,6)25(9,10)24(7,8)21(18)15(2)19(14)22(28)20-16(3)26-27(11)17(20)4/h12H,13H2,1-11H3. The Bertz CT molecular complexity index is 987. The fourth-order valence-corrected chi connectivity index (χ4v) is 5.51. The van der Waals surface area contributed by atoms with Gasteiger partial charge in [-0.05, 0) is 72.6 Å². The monoisotopic (exact) mass is 380 g/mol. The lowest BCUT2D eigenvalue weighted by atomic mass is 9.46. The highest BCUT2D eigenvalue weighted by Crippen LogP contribution is 2.59. The van der Waals surface area contributed by atoms with Crippen molar-refractivity contribution >= 4 is 5.78 Å². The molecule has 1 aliphatic carbocycles. The number of aromatic nitrogens is 2. The van der Waals surface area contributed by atoms with E-state index in [1.54, 1.807) is 4.68 Å². The molecule has 1 aromatic heterocycles. The van der Waals surface area contributed by atoms with Gasteiger partial charge in [0.1, 0.15) is 0 Å². The van der Waals surface area contributed by atoms with Gasteiger partial charge in [-0.1, -0.05) is 47.6 Å². The lowest BCUT2D eigenvalue weighted by Crippen LogP contribution is -2.52. The molecule has 0 atom stereocenters. The molecule has 3 heteroatoms. The van der Waals surface area contributed by atoms with E-state index in [-0.39, 0.29) is 22.0 Å². The van der Waals surface area contributed by atoms with Crippen molar-refractivity contribution in [1.29, 1.82) is 0 Å². The summed E-state index contributed by atoms with van der Waals surface area (Å²) in [6.45, 7) is 22.4. The minimum absolute atomic E-state index is 0.0318. The molecule has 0 bridgehead atoms. The van der Waals surface area contributed by atoms with Gasteiger partial charge in [-0.2, -0.15) is 5.10 Å². The number of fused-ring (bicyclic) bond motifs is 1. The first-order chi connectivity index (χ1) is 12.6. The Hall–Kier alpha value is -1.90. The van der Waals surface area contributed by atoms with Gasteiger partial charge >= 0.3 is 0 Å². The maximum absolute atomic E-state index is 13.7. The molecule has 28 heavy (non-hydrogen) atoms. The number of hydrogen-bond acceptors (Lipinski definition) is 2. The summed E-state index contributed by atoms with van der Waals surface area (Å²) >= 11 is 0. The lowest BCUT2D eigenvalue weighted by Gasteiger charge is -2.57. The number of benzene rings is 1. The van der Waals surface area contributed by atoms with E-state index < -0.39 is 0 Å². The van der Waals surface area contributed by atoms with Crippen molar-refractivity contribution in [2.45, 2.75) is 81.1 Å². The van der Waals surface area contributed by atoms with Gasteiger partial charge in [-0.3, -0.25) is 9.48 Å². The number of aryl methyl sites for hydroxylation is 3. The molecule has 0 unspecified atom stereocenters. The van der Waals surface area contributed by atoms with E-state index in [0.717, 1.165) is 40.1 Å². The van der Waals surface area contributed by atoms with Crippen LogP contribution in [0.1, 0.15) is 91.1 Å². The van der Waals surface area contributed by atoms with Crippen LogP contribution in [0.2, 0.25) is 0 Å². The molecule has 3 rings (SSSR count). The summed E-state index contributed by atoms with van der Waals surface area (Å²) in [7, 11) is 1.90. The number of carbonyl (C=O) groups is 1. The normalized spacial score (nSPS) is 19.4. The first kappa shape index (κ1) is 20.8. The fraction of sp³-hybridized carbons (Fsp3) is 0.600. The summed E-state index contributed by atoms with van der Waals surface area (Å²) in [6.07, 6.45) is 1.04. The number of carbonyl (C=O) groups excluding carboxylic acids is 1. The fourth-order valence-electron chi connectivity index (χ4n) is 5.51. The number of ketones is 1. The van der Waals surface area contributed by atoms with Crippen LogP contribution in [0.3, 0.4) is 0 Å². The van der Waals surface area contributed by atoms with Gasteiger partial charge in [0.05, 0.1) is 11.3 Å². The van der Waals surface area contributed by atoms with Crippen LogP contribution in [0.15, 0.2) is 6.07 Å². The van der Waals surface area contributed by atoms with Crippen LogP contribution in [0.4, 0.5) is 0 Å². The second-order valence-electron chi connectivity index (χ2n) is 10.5. The molecule has 2 aromatic rings. The molecule has 0 aliphatic heterocycles. The molecule has 0 fully saturated rings. The van der Waals surface area contributed by atoms with E-state index in [1.807, 2.05) is 20.9 Å². The third-order valence-electron chi connectivity index (χ3n) is 8.33. The third kappa shape index (κ3) is 2.54. The number of hydrogen-bond donors (Lipinski definition) is 0. The van der Waals surface area contributed by atoms with Gasteiger partial charge in [0, 0.05) is 18.3 Å². The smallest absolute Gasteiger partial charge is 0.197 e. The average molecular weight is 381 g/mol. The Morgan fingerprint density at radius 3 is 2.07 bits per heavy atom. The molecule has 0 saturated carbocycles. The van der Waals surface area contributed by atoms with Gasteiger partial charge in [-0.15, -0.1) is 0 Å². The molecule has 1 aliphatic rings. The van der Waals surface area contributed by atoms with Crippen LogP contribution in [0, 0.1) is 38.5 Å². The highest BCUT2D eigenvalue weighted by atomic mass is 16.1. The van der Waals surface area contributed by atoms with Crippen molar-refractivity contribution < 1.29 is 4.79 Å². The Morgan fingerprint density at radius 1 is 1.00 bits per heavy atom. The Morgan fingerprint density at radius 2 is 1.57 bits per heavy atom. The highest BCUT2D eigenvalue weighted by Gasteiger charge is 2.53. The van der Waals surface area contributed by atoms with Crippen molar-refractivity contribution in [3.8, 4) is 0 Å². The maximum atomic E-state index is 13.7. The van der Waals surface area contributed by atoms with E-state index in [1.165, 1.54) is 11.1 Å². The first-order valence-corrected chi connectivity index (χ1v) is 10.3. The zero-order valence-corrected chi connectivity index (χ0v) is 19.6. The summed E-state index contributed by atoms with van der Waals surface area (Å²) in [4.78, 5) is 13.7. The molecule has 0 N–H and O–H groups in total. The summed E-state index contributed by atoms with van der Waals surface area (Å²) in [6, 6.07) is 2.27. The predicted molar refractivity (Wildman–Crippen MR) is 116 cm³/mol. The molecule has 1 heterocycles. The van der Waals surface area contributed by atoms with Gasteiger partial charge in [-0.25, -0.2) is 0 Å². The van der Waals surface area contributed by atoms with Crippen molar-refractivity contribution in [2.75, 3.05) is 0 Å². The number of rotatable bonds is 2. The zero-order valence-electron chi connectivity index (χ0n) is 19.6. The quantitative estimate of drug-likeness (QED) is 0.620. The van der Waals surface area contributed by atoms with Gasteiger partial charge in [0.2, 0.25) is 0 Å². The molecule has 1 aromatic carbocycles. The van der Waals surface area contributed by atoms with Crippen LogP contribution >= 0.6 is 0 Å². The summed E-state index contributed by atoms with van der Waals surface area (Å²) in [5.74, 6) is 0.110. The van der Waals surface area contributed by atoms with E-state index in [2.05, 4.69) is 66.6 Å². The topological polar surface area (TPSA) is 34.9 Å². The predicted octanol–water partition coefficient (Wildman–Crippen LogP) is 5.77. The summed E-state index contributed by atoms with van der Waals surface area (Å²) < 4.78 is 1.81.